The summed E-state index contributed by atoms with van der Waals surface area (Å²) in [5, 5.41) is 8.58. The fourth-order valence-electron chi connectivity index (χ4n) is 3.13. The predicted octanol–water partition coefficient (Wildman–Crippen LogP) is 2.11. The molecule has 22 heavy (non-hydrogen) atoms. The standard InChI is InChI=1S/C16H24N4O2/c1-3-20-11-13(12(2)17-20)14-10-15(22-18-14)16(21)19-8-6-4-5-7-9-19/h11,15H,3-10H2,1-2H3. The first-order valence-electron chi connectivity index (χ1n) is 8.25. The van der Waals surface area contributed by atoms with Gasteiger partial charge in [0.25, 0.3) is 5.91 Å². The van der Waals surface area contributed by atoms with Crippen molar-refractivity contribution in [3.8, 4) is 0 Å². The lowest BCUT2D eigenvalue weighted by Crippen LogP contribution is -2.39. The molecule has 1 atom stereocenters. The van der Waals surface area contributed by atoms with E-state index in [1.54, 1.807) is 0 Å². The number of likely N-dealkylation sites (tertiary alicyclic amines) is 1. The average Bonchev–Trinajstić information content (AvgIpc) is 3.04. The highest BCUT2D eigenvalue weighted by atomic mass is 16.6. The van der Waals surface area contributed by atoms with Crippen molar-refractivity contribution in [1.82, 2.24) is 14.7 Å². The molecule has 1 amide bonds. The van der Waals surface area contributed by atoms with E-state index in [1.807, 2.05) is 22.7 Å². The van der Waals surface area contributed by atoms with Crippen LogP contribution in [0.2, 0.25) is 0 Å². The highest BCUT2D eigenvalue weighted by molar-refractivity contribution is 6.04. The minimum atomic E-state index is -0.461. The first-order valence-corrected chi connectivity index (χ1v) is 8.25. The van der Waals surface area contributed by atoms with Crippen LogP contribution in [0.5, 0.6) is 0 Å². The van der Waals surface area contributed by atoms with Crippen molar-refractivity contribution in [2.75, 3.05) is 13.1 Å². The topological polar surface area (TPSA) is 59.7 Å². The number of hydrogen-bond donors (Lipinski definition) is 0. The zero-order valence-electron chi connectivity index (χ0n) is 13.4. The minimum Gasteiger partial charge on any atom is -0.382 e. The van der Waals surface area contributed by atoms with E-state index in [0.29, 0.717) is 6.42 Å². The van der Waals surface area contributed by atoms with Gasteiger partial charge in [-0.2, -0.15) is 5.10 Å². The molecule has 0 spiro atoms. The van der Waals surface area contributed by atoms with Crippen molar-refractivity contribution in [2.45, 2.75) is 58.6 Å². The SMILES string of the molecule is CCn1cc(C2=NOC(C(=O)N3CCCCCC3)C2)c(C)n1. The fourth-order valence-corrected chi connectivity index (χ4v) is 3.13. The number of oxime groups is 1. The van der Waals surface area contributed by atoms with Crippen molar-refractivity contribution in [3.05, 3.63) is 17.5 Å². The van der Waals surface area contributed by atoms with Gasteiger partial charge in [0.15, 0.2) is 0 Å². The molecule has 1 fully saturated rings. The molecule has 2 aliphatic heterocycles. The third kappa shape index (κ3) is 3.00. The van der Waals surface area contributed by atoms with Crippen LogP contribution >= 0.6 is 0 Å². The second-order valence-corrected chi connectivity index (χ2v) is 6.06. The second kappa shape index (κ2) is 6.50. The van der Waals surface area contributed by atoms with Gasteiger partial charge in [-0.15, -0.1) is 0 Å². The molecule has 2 aliphatic rings. The fraction of sp³-hybridized carbons (Fsp3) is 0.688. The Labute approximate surface area is 131 Å². The molecule has 0 bridgehead atoms. The van der Waals surface area contributed by atoms with Crippen molar-refractivity contribution >= 4 is 11.6 Å². The number of nitrogens with zero attached hydrogens (tertiary/aromatic N) is 4. The summed E-state index contributed by atoms with van der Waals surface area (Å²) in [4.78, 5) is 20.0. The number of amides is 1. The van der Waals surface area contributed by atoms with Gasteiger partial charge >= 0.3 is 0 Å². The normalized spacial score (nSPS) is 22.2. The summed E-state index contributed by atoms with van der Waals surface area (Å²) in [6.45, 7) is 6.54. The second-order valence-electron chi connectivity index (χ2n) is 6.06. The van der Waals surface area contributed by atoms with Gasteiger partial charge in [0.2, 0.25) is 6.10 Å². The summed E-state index contributed by atoms with van der Waals surface area (Å²) >= 11 is 0. The number of aryl methyl sites for hydroxylation is 2. The Kier molecular flexibility index (Phi) is 4.45. The molecule has 0 saturated carbocycles. The van der Waals surface area contributed by atoms with Gasteiger partial charge in [-0.25, -0.2) is 0 Å². The molecule has 1 saturated heterocycles. The van der Waals surface area contributed by atoms with Crippen molar-refractivity contribution < 1.29 is 9.63 Å². The van der Waals surface area contributed by atoms with E-state index in [0.717, 1.165) is 49.4 Å². The summed E-state index contributed by atoms with van der Waals surface area (Å²) in [6.07, 6.45) is 6.68. The summed E-state index contributed by atoms with van der Waals surface area (Å²) in [7, 11) is 0. The zero-order chi connectivity index (χ0) is 15.5. The van der Waals surface area contributed by atoms with Gasteiger partial charge < -0.3 is 9.74 Å². The van der Waals surface area contributed by atoms with Crippen LogP contribution in [0, 0.1) is 6.92 Å². The molecule has 0 N–H and O–H groups in total. The lowest BCUT2D eigenvalue weighted by Gasteiger charge is -2.22. The highest BCUT2D eigenvalue weighted by Crippen LogP contribution is 2.21. The number of hydrogen-bond acceptors (Lipinski definition) is 4. The van der Waals surface area contributed by atoms with Gasteiger partial charge in [0.05, 0.1) is 11.4 Å². The highest BCUT2D eigenvalue weighted by Gasteiger charge is 2.33. The molecule has 0 radical (unpaired) electrons. The molecule has 1 aromatic heterocycles. The Balaban J connectivity index is 1.65. The van der Waals surface area contributed by atoms with Crippen LogP contribution in [0.15, 0.2) is 11.4 Å². The number of carbonyl (C=O) groups excluding carboxylic acids is 1. The molecule has 120 valence electrons. The maximum Gasteiger partial charge on any atom is 0.266 e. The Bertz CT molecular complexity index is 571. The van der Waals surface area contributed by atoms with Crippen molar-refractivity contribution in [2.24, 2.45) is 5.16 Å². The number of rotatable bonds is 3. The van der Waals surface area contributed by atoms with Gasteiger partial charge in [0.1, 0.15) is 0 Å². The third-order valence-electron chi connectivity index (χ3n) is 4.44. The van der Waals surface area contributed by atoms with Gasteiger partial charge in [-0.05, 0) is 26.7 Å². The smallest absolute Gasteiger partial charge is 0.266 e. The number of aromatic nitrogens is 2. The van der Waals surface area contributed by atoms with E-state index in [9.17, 15) is 4.79 Å². The average molecular weight is 304 g/mol. The van der Waals surface area contributed by atoms with Crippen molar-refractivity contribution in [3.63, 3.8) is 0 Å². The van der Waals surface area contributed by atoms with Crippen LogP contribution in [0.4, 0.5) is 0 Å². The van der Waals surface area contributed by atoms with Crippen LogP contribution in [-0.2, 0) is 16.2 Å². The van der Waals surface area contributed by atoms with E-state index in [4.69, 9.17) is 4.84 Å². The summed E-state index contributed by atoms with van der Waals surface area (Å²) in [6, 6.07) is 0. The molecule has 3 rings (SSSR count). The molecule has 1 unspecified atom stereocenters. The quantitative estimate of drug-likeness (QED) is 0.859. The summed E-state index contributed by atoms with van der Waals surface area (Å²) in [5.41, 5.74) is 2.77. The first kappa shape index (κ1) is 15.1. The first-order chi connectivity index (χ1) is 10.7. The Morgan fingerprint density at radius 1 is 1.32 bits per heavy atom. The monoisotopic (exact) mass is 304 g/mol. The van der Waals surface area contributed by atoms with Crippen LogP contribution in [0.25, 0.3) is 0 Å². The Hall–Kier alpha value is -1.85. The largest absolute Gasteiger partial charge is 0.382 e. The maximum absolute atomic E-state index is 12.6. The van der Waals surface area contributed by atoms with Crippen LogP contribution < -0.4 is 0 Å². The molecule has 6 nitrogen and oxygen atoms in total. The molecular weight excluding hydrogens is 280 g/mol. The zero-order valence-corrected chi connectivity index (χ0v) is 13.4. The van der Waals surface area contributed by atoms with Crippen LogP contribution in [-0.4, -0.2) is 45.5 Å². The Morgan fingerprint density at radius 2 is 2.05 bits per heavy atom. The van der Waals surface area contributed by atoms with E-state index >= 15 is 0 Å². The van der Waals surface area contributed by atoms with Gasteiger partial charge in [-0.3, -0.25) is 9.48 Å². The van der Waals surface area contributed by atoms with Gasteiger partial charge in [0, 0.05) is 37.8 Å². The van der Waals surface area contributed by atoms with E-state index < -0.39 is 6.10 Å². The van der Waals surface area contributed by atoms with Crippen molar-refractivity contribution in [1.29, 1.82) is 0 Å². The third-order valence-corrected chi connectivity index (χ3v) is 4.44. The van der Waals surface area contributed by atoms with E-state index in [2.05, 4.69) is 17.2 Å². The predicted molar refractivity (Wildman–Crippen MR) is 83.7 cm³/mol. The molecule has 6 heteroatoms. The lowest BCUT2D eigenvalue weighted by atomic mass is 10.1. The molecule has 3 heterocycles. The minimum absolute atomic E-state index is 0.0844. The summed E-state index contributed by atoms with van der Waals surface area (Å²) < 4.78 is 1.89. The Morgan fingerprint density at radius 3 is 2.68 bits per heavy atom. The van der Waals surface area contributed by atoms with Gasteiger partial charge in [-0.1, -0.05) is 18.0 Å². The molecule has 0 aliphatic carbocycles. The van der Waals surface area contributed by atoms with Crippen LogP contribution in [0.1, 0.15) is 50.3 Å². The molecular formula is C16H24N4O2. The number of carbonyl (C=O) groups is 1. The summed E-state index contributed by atoms with van der Waals surface area (Å²) in [5.74, 6) is 0.0844. The maximum atomic E-state index is 12.6. The van der Waals surface area contributed by atoms with Crippen LogP contribution in [0.3, 0.4) is 0 Å². The lowest BCUT2D eigenvalue weighted by molar-refractivity contribution is -0.142. The molecule has 1 aromatic rings. The molecule has 0 aromatic carbocycles. The van der Waals surface area contributed by atoms with E-state index in [-0.39, 0.29) is 5.91 Å². The van der Waals surface area contributed by atoms with E-state index in [1.165, 1.54) is 12.8 Å².